The molecular weight excluding hydrogens is 330 g/mol. The van der Waals surface area contributed by atoms with E-state index in [1.165, 1.54) is 11.3 Å². The predicted octanol–water partition coefficient (Wildman–Crippen LogP) is 4.52. The van der Waals surface area contributed by atoms with Crippen LogP contribution in [0.15, 0.2) is 72.8 Å². The van der Waals surface area contributed by atoms with Crippen molar-refractivity contribution in [3.05, 3.63) is 83.2 Å². The first-order valence-electron chi connectivity index (χ1n) is 8.15. The van der Waals surface area contributed by atoms with Gasteiger partial charge in [0.05, 0.1) is 11.0 Å². The standard InChI is InChI=1S/C21H17NO2S/c23-18(17-10-5-8-14-6-1-3-9-16(14)17)13-22-21(24)20-12-15-7-2-4-11-19(15)25-20/h1-12,18,23H,13H2,(H,22,24)/t18-/m0/s1. The Bertz CT molecular complexity index is 1020. The molecule has 1 atom stereocenters. The fraction of sp³-hybridized carbons (Fsp3) is 0.0952. The molecule has 3 nitrogen and oxygen atoms in total. The molecule has 0 saturated carbocycles. The van der Waals surface area contributed by atoms with E-state index in [0.717, 1.165) is 26.4 Å². The summed E-state index contributed by atoms with van der Waals surface area (Å²) in [7, 11) is 0. The molecule has 1 heterocycles. The number of aliphatic hydroxyl groups is 1. The average Bonchev–Trinajstić information content (AvgIpc) is 3.09. The second-order valence-electron chi connectivity index (χ2n) is 5.94. The molecule has 124 valence electrons. The van der Waals surface area contributed by atoms with Crippen molar-refractivity contribution in [2.45, 2.75) is 6.10 Å². The number of hydrogen-bond acceptors (Lipinski definition) is 3. The van der Waals surface area contributed by atoms with E-state index in [9.17, 15) is 9.90 Å². The third-order valence-electron chi connectivity index (χ3n) is 4.29. The number of nitrogens with one attached hydrogen (secondary N) is 1. The Balaban J connectivity index is 1.51. The Morgan fingerprint density at radius 1 is 0.960 bits per heavy atom. The van der Waals surface area contributed by atoms with Gasteiger partial charge in [-0.3, -0.25) is 4.79 Å². The number of amides is 1. The lowest BCUT2D eigenvalue weighted by Crippen LogP contribution is -2.27. The second-order valence-corrected chi connectivity index (χ2v) is 7.03. The molecule has 4 rings (SSSR count). The zero-order valence-corrected chi connectivity index (χ0v) is 14.3. The van der Waals surface area contributed by atoms with Gasteiger partial charge in [-0.25, -0.2) is 0 Å². The number of benzene rings is 3. The van der Waals surface area contributed by atoms with Crippen molar-refractivity contribution < 1.29 is 9.90 Å². The van der Waals surface area contributed by atoms with Crippen LogP contribution in [-0.2, 0) is 0 Å². The van der Waals surface area contributed by atoms with Crippen LogP contribution < -0.4 is 5.32 Å². The zero-order valence-electron chi connectivity index (χ0n) is 13.5. The molecule has 1 aromatic heterocycles. The third-order valence-corrected chi connectivity index (χ3v) is 5.40. The molecule has 1 amide bonds. The first kappa shape index (κ1) is 15.8. The van der Waals surface area contributed by atoms with E-state index in [0.29, 0.717) is 4.88 Å². The van der Waals surface area contributed by atoms with Crippen LogP contribution >= 0.6 is 11.3 Å². The minimum atomic E-state index is -0.746. The van der Waals surface area contributed by atoms with Gasteiger partial charge in [0.25, 0.3) is 5.91 Å². The minimum Gasteiger partial charge on any atom is -0.387 e. The Hall–Kier alpha value is -2.69. The van der Waals surface area contributed by atoms with Crippen LogP contribution in [-0.4, -0.2) is 17.6 Å². The largest absolute Gasteiger partial charge is 0.387 e. The van der Waals surface area contributed by atoms with Crippen molar-refractivity contribution in [3.8, 4) is 0 Å². The molecule has 0 spiro atoms. The van der Waals surface area contributed by atoms with Gasteiger partial charge in [-0.15, -0.1) is 11.3 Å². The van der Waals surface area contributed by atoms with E-state index in [1.807, 2.05) is 72.8 Å². The Kier molecular flexibility index (Phi) is 4.22. The number of carbonyl (C=O) groups excluding carboxylic acids is 1. The number of aliphatic hydroxyl groups excluding tert-OH is 1. The molecule has 3 aromatic carbocycles. The average molecular weight is 347 g/mol. The maximum Gasteiger partial charge on any atom is 0.261 e. The predicted molar refractivity (Wildman–Crippen MR) is 103 cm³/mol. The molecule has 4 heteroatoms. The highest BCUT2D eigenvalue weighted by Gasteiger charge is 2.14. The van der Waals surface area contributed by atoms with Crippen LogP contribution in [0.3, 0.4) is 0 Å². The monoisotopic (exact) mass is 347 g/mol. The van der Waals surface area contributed by atoms with Crippen molar-refractivity contribution in [2.24, 2.45) is 0 Å². The van der Waals surface area contributed by atoms with Crippen molar-refractivity contribution >= 4 is 38.1 Å². The summed E-state index contributed by atoms with van der Waals surface area (Å²) in [6.07, 6.45) is -0.746. The van der Waals surface area contributed by atoms with E-state index in [4.69, 9.17) is 0 Å². The normalized spacial score (nSPS) is 12.4. The smallest absolute Gasteiger partial charge is 0.261 e. The van der Waals surface area contributed by atoms with Crippen molar-refractivity contribution in [1.29, 1.82) is 0 Å². The van der Waals surface area contributed by atoms with Crippen LogP contribution in [0.1, 0.15) is 21.3 Å². The summed E-state index contributed by atoms with van der Waals surface area (Å²) in [4.78, 5) is 13.1. The van der Waals surface area contributed by atoms with Gasteiger partial charge in [0.15, 0.2) is 0 Å². The third kappa shape index (κ3) is 3.14. The number of hydrogen-bond donors (Lipinski definition) is 2. The van der Waals surface area contributed by atoms with E-state index in [-0.39, 0.29) is 12.5 Å². The zero-order chi connectivity index (χ0) is 17.2. The van der Waals surface area contributed by atoms with Crippen LogP contribution in [0.2, 0.25) is 0 Å². The van der Waals surface area contributed by atoms with Crippen LogP contribution in [0.4, 0.5) is 0 Å². The van der Waals surface area contributed by atoms with Gasteiger partial charge in [-0.05, 0) is 33.9 Å². The first-order valence-corrected chi connectivity index (χ1v) is 8.96. The highest BCUT2D eigenvalue weighted by Crippen LogP contribution is 2.26. The van der Waals surface area contributed by atoms with Gasteiger partial charge in [-0.1, -0.05) is 60.7 Å². The topological polar surface area (TPSA) is 49.3 Å². The summed E-state index contributed by atoms with van der Waals surface area (Å²) in [5.74, 6) is -0.152. The molecule has 0 fully saturated rings. The number of fused-ring (bicyclic) bond motifs is 2. The molecule has 0 aliphatic rings. The summed E-state index contributed by atoms with van der Waals surface area (Å²) in [5, 5.41) is 16.5. The van der Waals surface area contributed by atoms with Crippen LogP contribution in [0.25, 0.3) is 20.9 Å². The summed E-state index contributed by atoms with van der Waals surface area (Å²) in [5.41, 5.74) is 0.828. The molecule has 0 aliphatic carbocycles. The van der Waals surface area contributed by atoms with E-state index < -0.39 is 6.10 Å². The van der Waals surface area contributed by atoms with E-state index >= 15 is 0 Å². The molecule has 4 aromatic rings. The van der Waals surface area contributed by atoms with E-state index in [2.05, 4.69) is 5.32 Å². The summed E-state index contributed by atoms with van der Waals surface area (Å²) in [6.45, 7) is 0.182. The van der Waals surface area contributed by atoms with Gasteiger partial charge in [0.1, 0.15) is 0 Å². The molecule has 0 saturated heterocycles. The minimum absolute atomic E-state index is 0.152. The Labute approximate surface area is 149 Å². The molecule has 25 heavy (non-hydrogen) atoms. The van der Waals surface area contributed by atoms with Crippen molar-refractivity contribution in [2.75, 3.05) is 6.54 Å². The number of thiophene rings is 1. The highest BCUT2D eigenvalue weighted by atomic mass is 32.1. The lowest BCUT2D eigenvalue weighted by atomic mass is 10.0. The second kappa shape index (κ2) is 6.67. The summed E-state index contributed by atoms with van der Waals surface area (Å²) < 4.78 is 1.09. The molecule has 0 aliphatic heterocycles. The maximum absolute atomic E-state index is 12.4. The van der Waals surface area contributed by atoms with Gasteiger partial charge in [-0.2, -0.15) is 0 Å². The maximum atomic E-state index is 12.4. The van der Waals surface area contributed by atoms with Gasteiger partial charge < -0.3 is 10.4 Å². The molecular formula is C21H17NO2S. The highest BCUT2D eigenvalue weighted by molar-refractivity contribution is 7.20. The molecule has 0 bridgehead atoms. The van der Waals surface area contributed by atoms with Gasteiger partial charge in [0, 0.05) is 11.2 Å². The summed E-state index contributed by atoms with van der Waals surface area (Å²) in [6, 6.07) is 23.6. The Morgan fingerprint density at radius 3 is 2.52 bits per heavy atom. The fourth-order valence-corrected chi connectivity index (χ4v) is 4.00. The number of rotatable bonds is 4. The van der Waals surface area contributed by atoms with Gasteiger partial charge in [0.2, 0.25) is 0 Å². The quantitative estimate of drug-likeness (QED) is 0.570. The number of carbonyl (C=O) groups is 1. The van der Waals surface area contributed by atoms with Gasteiger partial charge >= 0.3 is 0 Å². The van der Waals surface area contributed by atoms with Crippen molar-refractivity contribution in [1.82, 2.24) is 5.32 Å². The molecule has 2 N–H and O–H groups in total. The van der Waals surface area contributed by atoms with Crippen molar-refractivity contribution in [3.63, 3.8) is 0 Å². The van der Waals surface area contributed by atoms with Crippen LogP contribution in [0.5, 0.6) is 0 Å². The van der Waals surface area contributed by atoms with Crippen LogP contribution in [0, 0.1) is 0 Å². The first-order chi connectivity index (χ1) is 12.2. The van der Waals surface area contributed by atoms with E-state index in [1.54, 1.807) is 0 Å². The SMILES string of the molecule is O=C(NC[C@H](O)c1cccc2ccccc12)c1cc2ccccc2s1. The lowest BCUT2D eigenvalue weighted by Gasteiger charge is -2.14. The summed E-state index contributed by atoms with van der Waals surface area (Å²) >= 11 is 1.46. The Morgan fingerprint density at radius 2 is 1.68 bits per heavy atom. The fourth-order valence-electron chi connectivity index (χ4n) is 3.02. The molecule has 0 radical (unpaired) electrons. The molecule has 0 unspecified atom stereocenters. The lowest BCUT2D eigenvalue weighted by molar-refractivity contribution is 0.0921.